The molecule has 1 unspecified atom stereocenters. The molecule has 0 spiro atoms. The van der Waals surface area contributed by atoms with Gasteiger partial charge in [-0.05, 0) is 13.8 Å². The van der Waals surface area contributed by atoms with Crippen LogP contribution in [-0.4, -0.2) is 23.7 Å². The van der Waals surface area contributed by atoms with Crippen molar-refractivity contribution in [1.82, 2.24) is 0 Å². The molecule has 4 nitrogen and oxygen atoms in total. The number of esters is 1. The van der Waals surface area contributed by atoms with Crippen molar-refractivity contribution in [1.29, 1.82) is 0 Å². The first-order valence-electron chi connectivity index (χ1n) is 4.06. The second kappa shape index (κ2) is 3.20. The monoisotopic (exact) mass is 184 g/mol. The quantitative estimate of drug-likeness (QED) is 0.513. The molecule has 0 saturated carbocycles. The number of hydrogen-bond donors (Lipinski definition) is 1. The zero-order valence-electron chi connectivity index (χ0n) is 7.66. The topological polar surface area (TPSA) is 63.6 Å². The molecule has 0 aromatic heterocycles. The van der Waals surface area contributed by atoms with Crippen molar-refractivity contribution >= 4 is 11.9 Å². The second-order valence-corrected chi connectivity index (χ2v) is 3.44. The Balaban J connectivity index is 2.88. The predicted octanol–water partition coefficient (Wildman–Crippen LogP) is 0.970. The highest BCUT2D eigenvalue weighted by molar-refractivity contribution is 5.88. The van der Waals surface area contributed by atoms with Crippen LogP contribution in [0.1, 0.15) is 20.3 Å². The molecule has 1 fully saturated rings. The lowest BCUT2D eigenvalue weighted by molar-refractivity contribution is -0.143. The van der Waals surface area contributed by atoms with Crippen molar-refractivity contribution in [3.8, 4) is 0 Å². The minimum Gasteiger partial charge on any atom is -0.478 e. The number of carboxylic acids is 1. The average Bonchev–Trinajstić information content (AvgIpc) is 2.32. The van der Waals surface area contributed by atoms with E-state index in [0.29, 0.717) is 13.0 Å². The van der Waals surface area contributed by atoms with Gasteiger partial charge in [0.2, 0.25) is 0 Å². The second-order valence-electron chi connectivity index (χ2n) is 3.44. The van der Waals surface area contributed by atoms with Gasteiger partial charge in [0, 0.05) is 12.0 Å². The predicted molar refractivity (Wildman–Crippen MR) is 45.1 cm³/mol. The van der Waals surface area contributed by atoms with Gasteiger partial charge in [-0.1, -0.05) is 6.08 Å². The third-order valence-electron chi connectivity index (χ3n) is 2.19. The SMILES string of the molecule is C/C(=C\C1(C)CCOC1=O)C(=O)O. The molecule has 0 amide bonds. The van der Waals surface area contributed by atoms with Gasteiger partial charge in [-0.2, -0.15) is 0 Å². The highest BCUT2D eigenvalue weighted by atomic mass is 16.5. The third kappa shape index (κ3) is 1.88. The van der Waals surface area contributed by atoms with Crippen LogP contribution in [0.2, 0.25) is 0 Å². The molecule has 1 aliphatic heterocycles. The van der Waals surface area contributed by atoms with Crippen molar-refractivity contribution in [2.75, 3.05) is 6.61 Å². The van der Waals surface area contributed by atoms with E-state index in [2.05, 4.69) is 0 Å². The summed E-state index contributed by atoms with van der Waals surface area (Å²) in [7, 11) is 0. The highest BCUT2D eigenvalue weighted by Crippen LogP contribution is 2.31. The van der Waals surface area contributed by atoms with Crippen LogP contribution in [0.3, 0.4) is 0 Å². The van der Waals surface area contributed by atoms with Crippen molar-refractivity contribution < 1.29 is 19.4 Å². The number of carbonyl (C=O) groups excluding carboxylic acids is 1. The maximum Gasteiger partial charge on any atom is 0.330 e. The first-order chi connectivity index (χ1) is 5.96. The average molecular weight is 184 g/mol. The summed E-state index contributed by atoms with van der Waals surface area (Å²) in [6, 6.07) is 0. The lowest BCUT2D eigenvalue weighted by atomic mass is 9.87. The number of carboxylic acid groups (broad SMARTS) is 1. The molecule has 0 aromatic carbocycles. The van der Waals surface area contributed by atoms with Crippen LogP contribution in [-0.2, 0) is 14.3 Å². The molecule has 1 rings (SSSR count). The van der Waals surface area contributed by atoms with Gasteiger partial charge in [0.15, 0.2) is 0 Å². The van der Waals surface area contributed by atoms with Crippen LogP contribution in [0.25, 0.3) is 0 Å². The lowest BCUT2D eigenvalue weighted by Crippen LogP contribution is -2.20. The maximum atomic E-state index is 11.2. The molecule has 1 N–H and O–H groups in total. The van der Waals surface area contributed by atoms with Crippen LogP contribution in [0.4, 0.5) is 0 Å². The van der Waals surface area contributed by atoms with Gasteiger partial charge >= 0.3 is 11.9 Å². The van der Waals surface area contributed by atoms with Crippen molar-refractivity contribution in [3.63, 3.8) is 0 Å². The van der Waals surface area contributed by atoms with E-state index in [4.69, 9.17) is 9.84 Å². The molecule has 1 heterocycles. The molecule has 13 heavy (non-hydrogen) atoms. The molecule has 1 saturated heterocycles. The van der Waals surface area contributed by atoms with Gasteiger partial charge in [-0.3, -0.25) is 4.79 Å². The summed E-state index contributed by atoms with van der Waals surface area (Å²) in [5, 5.41) is 8.62. The molecule has 0 aliphatic carbocycles. The number of aliphatic carboxylic acids is 1. The third-order valence-corrected chi connectivity index (χ3v) is 2.19. The molecule has 4 heteroatoms. The van der Waals surface area contributed by atoms with Gasteiger partial charge in [-0.25, -0.2) is 4.79 Å². The standard InChI is InChI=1S/C9H12O4/c1-6(7(10)11)5-9(2)3-4-13-8(9)12/h5H,3-4H2,1-2H3,(H,10,11)/b6-5+. The molecular formula is C9H12O4. The molecule has 0 bridgehead atoms. The van der Waals surface area contributed by atoms with E-state index in [1.54, 1.807) is 6.92 Å². The minimum atomic E-state index is -0.999. The summed E-state index contributed by atoms with van der Waals surface area (Å²) in [4.78, 5) is 21.7. The number of ether oxygens (including phenoxy) is 1. The summed E-state index contributed by atoms with van der Waals surface area (Å²) >= 11 is 0. The van der Waals surface area contributed by atoms with E-state index in [-0.39, 0.29) is 11.5 Å². The van der Waals surface area contributed by atoms with Gasteiger partial charge in [0.1, 0.15) is 0 Å². The number of rotatable bonds is 2. The highest BCUT2D eigenvalue weighted by Gasteiger charge is 2.38. The Morgan fingerprint density at radius 1 is 1.69 bits per heavy atom. The van der Waals surface area contributed by atoms with Gasteiger partial charge in [0.25, 0.3) is 0 Å². The minimum absolute atomic E-state index is 0.182. The van der Waals surface area contributed by atoms with E-state index in [1.165, 1.54) is 13.0 Å². The molecular weight excluding hydrogens is 172 g/mol. The molecule has 1 atom stereocenters. The summed E-state index contributed by atoms with van der Waals surface area (Å²) in [5.41, 5.74) is -0.566. The van der Waals surface area contributed by atoms with Gasteiger partial charge in [-0.15, -0.1) is 0 Å². The van der Waals surface area contributed by atoms with Crippen LogP contribution < -0.4 is 0 Å². The molecule has 0 radical (unpaired) electrons. The van der Waals surface area contributed by atoms with E-state index >= 15 is 0 Å². The fourth-order valence-corrected chi connectivity index (χ4v) is 1.29. The number of cyclic esters (lactones) is 1. The zero-order chi connectivity index (χ0) is 10.1. The normalized spacial score (nSPS) is 28.8. The molecule has 0 aromatic rings. The van der Waals surface area contributed by atoms with Crippen molar-refractivity contribution in [3.05, 3.63) is 11.6 Å². The van der Waals surface area contributed by atoms with Crippen LogP contribution in [0, 0.1) is 5.41 Å². The van der Waals surface area contributed by atoms with E-state index < -0.39 is 11.4 Å². The lowest BCUT2D eigenvalue weighted by Gasteiger charge is -2.13. The zero-order valence-corrected chi connectivity index (χ0v) is 7.66. The Morgan fingerprint density at radius 2 is 2.31 bits per heavy atom. The Labute approximate surface area is 76.2 Å². The van der Waals surface area contributed by atoms with Crippen LogP contribution in [0.15, 0.2) is 11.6 Å². The van der Waals surface area contributed by atoms with E-state index in [1.807, 2.05) is 0 Å². The first kappa shape index (κ1) is 9.77. The molecule has 72 valence electrons. The summed E-state index contributed by atoms with van der Waals surface area (Å²) in [6.07, 6.45) is 2.01. The fourth-order valence-electron chi connectivity index (χ4n) is 1.29. The largest absolute Gasteiger partial charge is 0.478 e. The van der Waals surface area contributed by atoms with E-state index in [9.17, 15) is 9.59 Å². The maximum absolute atomic E-state index is 11.2. The van der Waals surface area contributed by atoms with Crippen LogP contribution >= 0.6 is 0 Å². The Hall–Kier alpha value is -1.32. The number of carbonyl (C=O) groups is 2. The van der Waals surface area contributed by atoms with Gasteiger partial charge < -0.3 is 9.84 Å². The van der Waals surface area contributed by atoms with Crippen molar-refractivity contribution in [2.24, 2.45) is 5.41 Å². The van der Waals surface area contributed by atoms with Crippen LogP contribution in [0.5, 0.6) is 0 Å². The summed E-state index contributed by atoms with van der Waals surface area (Å²) in [5.74, 6) is -1.34. The van der Waals surface area contributed by atoms with Crippen molar-refractivity contribution in [2.45, 2.75) is 20.3 Å². The Kier molecular flexibility index (Phi) is 2.40. The Bertz CT molecular complexity index is 279. The summed E-state index contributed by atoms with van der Waals surface area (Å²) < 4.78 is 4.77. The van der Waals surface area contributed by atoms with E-state index in [0.717, 1.165) is 0 Å². The Morgan fingerprint density at radius 3 is 2.69 bits per heavy atom. The first-order valence-corrected chi connectivity index (χ1v) is 4.06. The summed E-state index contributed by atoms with van der Waals surface area (Å²) in [6.45, 7) is 3.53. The van der Waals surface area contributed by atoms with Gasteiger partial charge in [0.05, 0.1) is 12.0 Å². The smallest absolute Gasteiger partial charge is 0.330 e. The fraction of sp³-hybridized carbons (Fsp3) is 0.556. The number of hydrogen-bond acceptors (Lipinski definition) is 3. The molecule has 1 aliphatic rings.